The fourth-order valence-corrected chi connectivity index (χ4v) is 4.38. The van der Waals surface area contributed by atoms with Gasteiger partial charge in [-0.25, -0.2) is 4.79 Å². The number of ether oxygens (including phenoxy) is 1. The van der Waals surface area contributed by atoms with Crippen molar-refractivity contribution < 1.29 is 14.3 Å². The molecular weight excluding hydrogens is 412 g/mol. The number of benzene rings is 1. The van der Waals surface area contributed by atoms with E-state index in [2.05, 4.69) is 10.4 Å². The largest absolute Gasteiger partial charge is 0.465 e. The Bertz CT molecular complexity index is 1090. The van der Waals surface area contributed by atoms with Crippen LogP contribution in [0.5, 0.6) is 0 Å². The molecule has 3 rings (SSSR count). The fraction of sp³-hybridized carbons (Fsp3) is 0.348. The average molecular weight is 441 g/mol. The number of methoxy groups -OCH3 is 1. The van der Waals surface area contributed by atoms with Crippen molar-refractivity contribution >= 4 is 28.2 Å². The van der Waals surface area contributed by atoms with Crippen LogP contribution in [0.1, 0.15) is 34.0 Å². The second-order valence-corrected chi connectivity index (χ2v) is 8.47. The fourth-order valence-electron chi connectivity index (χ4n) is 3.42. The Morgan fingerprint density at radius 2 is 2.03 bits per heavy atom. The van der Waals surface area contributed by atoms with E-state index in [4.69, 9.17) is 4.74 Å². The van der Waals surface area contributed by atoms with Crippen molar-refractivity contribution in [2.45, 2.75) is 33.9 Å². The van der Waals surface area contributed by atoms with E-state index < -0.39 is 5.97 Å². The molecule has 8 heteroatoms. The van der Waals surface area contributed by atoms with Gasteiger partial charge in [0.25, 0.3) is 0 Å². The molecule has 0 atom stereocenters. The number of nitrogens with zero attached hydrogens (tertiary/aromatic N) is 3. The normalized spacial score (nSPS) is 11.0. The predicted molar refractivity (Wildman–Crippen MR) is 123 cm³/mol. The molecule has 164 valence electrons. The number of anilines is 1. The van der Waals surface area contributed by atoms with Gasteiger partial charge in [0.1, 0.15) is 10.6 Å². The van der Waals surface area contributed by atoms with Crippen LogP contribution in [-0.4, -0.2) is 47.3 Å². The van der Waals surface area contributed by atoms with Crippen molar-refractivity contribution in [3.63, 3.8) is 0 Å². The average Bonchev–Trinajstić information content (AvgIpc) is 3.35. The van der Waals surface area contributed by atoms with Crippen molar-refractivity contribution in [1.29, 1.82) is 0 Å². The lowest BCUT2D eigenvalue weighted by molar-refractivity contribution is -0.117. The van der Waals surface area contributed by atoms with E-state index in [1.54, 1.807) is 0 Å². The minimum absolute atomic E-state index is 0.189. The van der Waals surface area contributed by atoms with Gasteiger partial charge in [0, 0.05) is 35.8 Å². The van der Waals surface area contributed by atoms with Crippen LogP contribution in [0.3, 0.4) is 0 Å². The molecule has 1 N–H and O–H groups in total. The SMILES string of the molecule is CCn1cc(CN(C)CC(=O)Nc2scc(-c3cc(C)ccc3C)c2C(=O)OC)cn1. The maximum Gasteiger partial charge on any atom is 0.341 e. The lowest BCUT2D eigenvalue weighted by Gasteiger charge is -2.15. The van der Waals surface area contributed by atoms with Crippen LogP contribution in [0.15, 0.2) is 36.0 Å². The molecule has 1 amide bonds. The van der Waals surface area contributed by atoms with E-state index >= 15 is 0 Å². The molecule has 0 unspecified atom stereocenters. The van der Waals surface area contributed by atoms with Gasteiger partial charge in [-0.05, 0) is 38.9 Å². The molecule has 7 nitrogen and oxygen atoms in total. The van der Waals surface area contributed by atoms with Gasteiger partial charge in [0.2, 0.25) is 5.91 Å². The molecule has 0 bridgehead atoms. The molecule has 0 aliphatic carbocycles. The number of amides is 1. The van der Waals surface area contributed by atoms with Crippen molar-refractivity contribution in [1.82, 2.24) is 14.7 Å². The van der Waals surface area contributed by atoms with Gasteiger partial charge in [-0.3, -0.25) is 14.4 Å². The molecular formula is C23H28N4O3S. The van der Waals surface area contributed by atoms with Crippen molar-refractivity contribution in [3.05, 3.63) is 58.2 Å². The molecule has 0 aliphatic heterocycles. The van der Waals surface area contributed by atoms with E-state index in [0.29, 0.717) is 17.1 Å². The Morgan fingerprint density at radius 3 is 2.71 bits per heavy atom. The highest BCUT2D eigenvalue weighted by atomic mass is 32.1. The van der Waals surface area contributed by atoms with Crippen LogP contribution in [-0.2, 0) is 22.6 Å². The van der Waals surface area contributed by atoms with E-state index in [1.807, 2.05) is 73.4 Å². The molecule has 2 aromatic heterocycles. The standard InChI is InChI=1S/C23H28N4O3S/c1-6-27-12-17(10-24-27)11-26(4)13-20(28)25-22-21(23(29)30-5)19(14-31-22)18-9-15(2)7-8-16(18)3/h7-10,12,14H,6,11,13H2,1-5H3,(H,25,28). The van der Waals surface area contributed by atoms with E-state index in [0.717, 1.165) is 34.4 Å². The van der Waals surface area contributed by atoms with Gasteiger partial charge in [-0.15, -0.1) is 11.3 Å². The Morgan fingerprint density at radius 1 is 1.26 bits per heavy atom. The number of carbonyl (C=O) groups excluding carboxylic acids is 2. The lowest BCUT2D eigenvalue weighted by atomic mass is 9.97. The van der Waals surface area contributed by atoms with Crippen LogP contribution in [0.25, 0.3) is 11.1 Å². The monoisotopic (exact) mass is 440 g/mol. The van der Waals surface area contributed by atoms with Crippen molar-refractivity contribution in [3.8, 4) is 11.1 Å². The van der Waals surface area contributed by atoms with Gasteiger partial charge in [-0.2, -0.15) is 5.10 Å². The predicted octanol–water partition coefficient (Wildman–Crippen LogP) is 4.11. The van der Waals surface area contributed by atoms with Crippen LogP contribution in [0.2, 0.25) is 0 Å². The summed E-state index contributed by atoms with van der Waals surface area (Å²) in [6, 6.07) is 6.10. The molecule has 2 heterocycles. The number of carbonyl (C=O) groups is 2. The Balaban J connectivity index is 1.77. The van der Waals surface area contributed by atoms with E-state index in [1.165, 1.54) is 18.4 Å². The first kappa shape index (κ1) is 22.7. The van der Waals surface area contributed by atoms with Crippen LogP contribution in [0, 0.1) is 13.8 Å². The van der Waals surface area contributed by atoms with Gasteiger partial charge in [-0.1, -0.05) is 23.8 Å². The Hall–Kier alpha value is -2.97. The van der Waals surface area contributed by atoms with Crippen molar-refractivity contribution in [2.24, 2.45) is 0 Å². The Labute approximate surface area is 186 Å². The maximum absolute atomic E-state index is 12.7. The third-order valence-electron chi connectivity index (χ3n) is 4.99. The molecule has 0 aliphatic rings. The molecule has 3 aromatic rings. The molecule has 0 radical (unpaired) electrons. The zero-order chi connectivity index (χ0) is 22.5. The summed E-state index contributed by atoms with van der Waals surface area (Å²) in [5.74, 6) is -0.655. The van der Waals surface area contributed by atoms with E-state index in [-0.39, 0.29) is 12.5 Å². The molecule has 0 saturated heterocycles. The number of nitrogens with one attached hydrogen (secondary N) is 1. The summed E-state index contributed by atoms with van der Waals surface area (Å²) < 4.78 is 6.87. The first-order chi connectivity index (χ1) is 14.8. The van der Waals surface area contributed by atoms with Crippen LogP contribution < -0.4 is 5.32 Å². The number of likely N-dealkylation sites (N-methyl/N-ethyl adjacent to an activating group) is 1. The molecule has 0 saturated carbocycles. The summed E-state index contributed by atoms with van der Waals surface area (Å²) >= 11 is 1.33. The molecule has 31 heavy (non-hydrogen) atoms. The van der Waals surface area contributed by atoms with Gasteiger partial charge >= 0.3 is 5.97 Å². The second-order valence-electron chi connectivity index (χ2n) is 7.59. The number of aryl methyl sites for hydroxylation is 3. The number of aromatic nitrogens is 2. The minimum atomic E-state index is -0.465. The number of hydrogen-bond donors (Lipinski definition) is 1. The summed E-state index contributed by atoms with van der Waals surface area (Å²) in [7, 11) is 3.22. The summed E-state index contributed by atoms with van der Waals surface area (Å²) in [5.41, 5.74) is 5.32. The molecule has 0 spiro atoms. The molecule has 0 fully saturated rings. The van der Waals surface area contributed by atoms with Gasteiger partial charge < -0.3 is 10.1 Å². The summed E-state index contributed by atoms with van der Waals surface area (Å²) in [4.78, 5) is 27.2. The van der Waals surface area contributed by atoms with Crippen molar-refractivity contribution in [2.75, 3.05) is 26.0 Å². The molecule has 1 aromatic carbocycles. The van der Waals surface area contributed by atoms with Gasteiger partial charge in [0.05, 0.1) is 19.9 Å². The second kappa shape index (κ2) is 9.89. The zero-order valence-corrected chi connectivity index (χ0v) is 19.4. The smallest absolute Gasteiger partial charge is 0.341 e. The number of thiophene rings is 1. The summed E-state index contributed by atoms with van der Waals surface area (Å²) in [6.07, 6.45) is 3.78. The van der Waals surface area contributed by atoms with Crippen LogP contribution in [0.4, 0.5) is 5.00 Å². The number of hydrogen-bond acceptors (Lipinski definition) is 6. The lowest BCUT2D eigenvalue weighted by Crippen LogP contribution is -2.30. The number of esters is 1. The first-order valence-corrected chi connectivity index (χ1v) is 11.0. The highest BCUT2D eigenvalue weighted by molar-refractivity contribution is 7.15. The highest BCUT2D eigenvalue weighted by Crippen LogP contribution is 2.38. The maximum atomic E-state index is 12.7. The summed E-state index contributed by atoms with van der Waals surface area (Å²) in [5, 5.41) is 9.55. The third kappa shape index (κ3) is 5.39. The van der Waals surface area contributed by atoms with Gasteiger partial charge in [0.15, 0.2) is 0 Å². The topological polar surface area (TPSA) is 76.5 Å². The van der Waals surface area contributed by atoms with E-state index in [9.17, 15) is 9.59 Å². The highest BCUT2D eigenvalue weighted by Gasteiger charge is 2.23. The Kier molecular flexibility index (Phi) is 7.25. The quantitative estimate of drug-likeness (QED) is 0.534. The first-order valence-electron chi connectivity index (χ1n) is 10.1. The summed E-state index contributed by atoms with van der Waals surface area (Å²) in [6.45, 7) is 7.64. The minimum Gasteiger partial charge on any atom is -0.465 e. The third-order valence-corrected chi connectivity index (χ3v) is 5.89. The number of rotatable bonds is 8. The zero-order valence-electron chi connectivity index (χ0n) is 18.6. The van der Waals surface area contributed by atoms with Crippen LogP contribution >= 0.6 is 11.3 Å².